The number of ether oxygens (including phenoxy) is 1. The highest BCUT2D eigenvalue weighted by Crippen LogP contribution is 2.41. The number of hydrogen-bond donors (Lipinski definition) is 1. The molecule has 1 aromatic rings. The van der Waals surface area contributed by atoms with Crippen LogP contribution in [0.25, 0.3) is 0 Å². The highest BCUT2D eigenvalue weighted by molar-refractivity contribution is 5.06. The van der Waals surface area contributed by atoms with Gasteiger partial charge in [-0.2, -0.15) is 4.98 Å². The molecule has 112 valence electrons. The number of nitrogens with zero attached hydrogens (tertiary/aromatic N) is 2. The summed E-state index contributed by atoms with van der Waals surface area (Å²) in [5, 5.41) is 7.62. The van der Waals surface area contributed by atoms with Crippen molar-refractivity contribution in [1.29, 1.82) is 0 Å². The summed E-state index contributed by atoms with van der Waals surface area (Å²) in [5.74, 6) is 2.75. The molecule has 2 fully saturated rings. The zero-order valence-corrected chi connectivity index (χ0v) is 12.5. The lowest BCUT2D eigenvalue weighted by Gasteiger charge is -2.35. The predicted octanol–water partition coefficient (Wildman–Crippen LogP) is 2.59. The van der Waals surface area contributed by atoms with E-state index in [9.17, 15) is 0 Å². The molecule has 0 unspecified atom stereocenters. The Morgan fingerprint density at radius 2 is 1.90 bits per heavy atom. The van der Waals surface area contributed by atoms with Crippen molar-refractivity contribution in [1.82, 2.24) is 15.5 Å². The molecule has 0 aromatic carbocycles. The van der Waals surface area contributed by atoms with Gasteiger partial charge in [-0.1, -0.05) is 12.1 Å². The summed E-state index contributed by atoms with van der Waals surface area (Å²) in [7, 11) is 1.77. The van der Waals surface area contributed by atoms with Crippen molar-refractivity contribution in [2.75, 3.05) is 20.2 Å². The van der Waals surface area contributed by atoms with Crippen LogP contribution < -0.4 is 5.32 Å². The molecule has 2 aliphatic rings. The molecule has 1 aliphatic heterocycles. The Balaban J connectivity index is 1.77. The van der Waals surface area contributed by atoms with Gasteiger partial charge in [-0.3, -0.25) is 0 Å². The summed E-state index contributed by atoms with van der Waals surface area (Å²) in [6, 6.07) is 0. The van der Waals surface area contributed by atoms with Crippen molar-refractivity contribution >= 4 is 0 Å². The van der Waals surface area contributed by atoms with Crippen molar-refractivity contribution in [3.8, 4) is 0 Å². The number of nitrogens with one attached hydrogen (secondary N) is 1. The van der Waals surface area contributed by atoms with Crippen LogP contribution in [0.15, 0.2) is 4.52 Å². The SMILES string of the molecule is COC1(c2noc(C3CCNCC3)n2)CCC(C)CC1. The first-order chi connectivity index (χ1) is 9.73. The van der Waals surface area contributed by atoms with Crippen LogP contribution in [0.1, 0.15) is 63.1 Å². The summed E-state index contributed by atoms with van der Waals surface area (Å²) in [5.41, 5.74) is -0.318. The summed E-state index contributed by atoms with van der Waals surface area (Å²) in [6.45, 7) is 4.38. The predicted molar refractivity (Wildman–Crippen MR) is 75.5 cm³/mol. The summed E-state index contributed by atoms with van der Waals surface area (Å²) < 4.78 is 11.4. The zero-order chi connectivity index (χ0) is 14.0. The third-order valence-electron chi connectivity index (χ3n) is 5.01. The number of aromatic nitrogens is 2. The molecule has 1 aliphatic carbocycles. The second-order valence-corrected chi connectivity index (χ2v) is 6.36. The average molecular weight is 279 g/mol. The van der Waals surface area contributed by atoms with Crippen molar-refractivity contribution in [2.24, 2.45) is 5.92 Å². The molecule has 0 radical (unpaired) electrons. The van der Waals surface area contributed by atoms with E-state index in [1.165, 1.54) is 12.8 Å². The Kier molecular flexibility index (Phi) is 4.08. The van der Waals surface area contributed by atoms with Gasteiger partial charge in [-0.25, -0.2) is 0 Å². The fourth-order valence-corrected chi connectivity index (χ4v) is 3.40. The second-order valence-electron chi connectivity index (χ2n) is 6.36. The fraction of sp³-hybridized carbons (Fsp3) is 0.867. The maximum absolute atomic E-state index is 5.82. The van der Waals surface area contributed by atoms with Crippen LogP contribution in [0.4, 0.5) is 0 Å². The van der Waals surface area contributed by atoms with Crippen molar-refractivity contribution in [3.05, 3.63) is 11.7 Å². The van der Waals surface area contributed by atoms with Gasteiger partial charge >= 0.3 is 0 Å². The molecule has 1 N–H and O–H groups in total. The van der Waals surface area contributed by atoms with E-state index in [1.54, 1.807) is 7.11 Å². The Labute approximate surface area is 120 Å². The normalized spacial score (nSPS) is 32.4. The highest BCUT2D eigenvalue weighted by Gasteiger charge is 2.40. The van der Waals surface area contributed by atoms with Crippen molar-refractivity contribution in [3.63, 3.8) is 0 Å². The average Bonchev–Trinajstić information content (AvgIpc) is 3.00. The molecular weight excluding hydrogens is 254 g/mol. The van der Waals surface area contributed by atoms with Gasteiger partial charge in [-0.15, -0.1) is 0 Å². The van der Waals surface area contributed by atoms with E-state index in [0.29, 0.717) is 5.92 Å². The molecular formula is C15H25N3O2. The highest BCUT2D eigenvalue weighted by atomic mass is 16.5. The molecule has 0 bridgehead atoms. The van der Waals surface area contributed by atoms with Crippen LogP contribution in [0, 0.1) is 5.92 Å². The maximum atomic E-state index is 5.82. The van der Waals surface area contributed by atoms with Crippen LogP contribution in [0.3, 0.4) is 0 Å². The largest absolute Gasteiger partial charge is 0.370 e. The lowest BCUT2D eigenvalue weighted by Crippen LogP contribution is -2.34. The topological polar surface area (TPSA) is 60.2 Å². The lowest BCUT2D eigenvalue weighted by atomic mass is 9.79. The Morgan fingerprint density at radius 3 is 2.55 bits per heavy atom. The van der Waals surface area contributed by atoms with Crippen LogP contribution in [-0.2, 0) is 10.3 Å². The Morgan fingerprint density at radius 1 is 1.20 bits per heavy atom. The van der Waals surface area contributed by atoms with Gasteiger partial charge in [0.1, 0.15) is 5.60 Å². The number of methoxy groups -OCH3 is 1. The first-order valence-electron chi connectivity index (χ1n) is 7.83. The van der Waals surface area contributed by atoms with Crippen molar-refractivity contribution < 1.29 is 9.26 Å². The molecule has 3 rings (SSSR count). The first kappa shape index (κ1) is 14.0. The van der Waals surface area contributed by atoms with E-state index in [4.69, 9.17) is 14.2 Å². The van der Waals surface area contributed by atoms with Gasteiger partial charge in [0.25, 0.3) is 0 Å². The minimum absolute atomic E-state index is 0.318. The summed E-state index contributed by atoms with van der Waals surface area (Å²) >= 11 is 0. The van der Waals surface area contributed by atoms with Gasteiger partial charge < -0.3 is 14.6 Å². The Bertz CT molecular complexity index is 432. The third kappa shape index (κ3) is 2.61. The van der Waals surface area contributed by atoms with Gasteiger partial charge in [0.2, 0.25) is 11.7 Å². The van der Waals surface area contributed by atoms with Gasteiger partial charge in [0.15, 0.2) is 0 Å². The fourth-order valence-electron chi connectivity index (χ4n) is 3.40. The smallest absolute Gasteiger partial charge is 0.229 e. The molecule has 20 heavy (non-hydrogen) atoms. The second kappa shape index (κ2) is 5.82. The zero-order valence-electron chi connectivity index (χ0n) is 12.5. The molecule has 1 aromatic heterocycles. The maximum Gasteiger partial charge on any atom is 0.229 e. The van der Waals surface area contributed by atoms with E-state index in [1.807, 2.05) is 0 Å². The molecule has 0 atom stereocenters. The summed E-state index contributed by atoms with van der Waals surface area (Å²) in [4.78, 5) is 4.70. The van der Waals surface area contributed by atoms with Crippen LogP contribution >= 0.6 is 0 Å². The van der Waals surface area contributed by atoms with Gasteiger partial charge in [0.05, 0.1) is 0 Å². The standard InChI is InChI=1S/C15H25N3O2/c1-11-3-7-15(19-2,8-4-11)14-17-13(20-18-14)12-5-9-16-10-6-12/h11-12,16H,3-10H2,1-2H3. The first-order valence-corrected chi connectivity index (χ1v) is 7.83. The van der Waals surface area contributed by atoms with Gasteiger partial charge in [-0.05, 0) is 57.5 Å². The molecule has 5 nitrogen and oxygen atoms in total. The van der Waals surface area contributed by atoms with E-state index in [-0.39, 0.29) is 5.60 Å². The molecule has 1 saturated heterocycles. The molecule has 0 amide bonds. The van der Waals surface area contributed by atoms with Crippen molar-refractivity contribution in [2.45, 2.75) is 57.0 Å². The minimum Gasteiger partial charge on any atom is -0.370 e. The minimum atomic E-state index is -0.318. The van der Waals surface area contributed by atoms with E-state index < -0.39 is 0 Å². The number of hydrogen-bond acceptors (Lipinski definition) is 5. The van der Waals surface area contributed by atoms with E-state index in [0.717, 1.165) is 56.4 Å². The monoisotopic (exact) mass is 279 g/mol. The van der Waals surface area contributed by atoms with E-state index in [2.05, 4.69) is 17.4 Å². The van der Waals surface area contributed by atoms with E-state index >= 15 is 0 Å². The van der Waals surface area contributed by atoms with Crippen LogP contribution in [-0.4, -0.2) is 30.3 Å². The molecule has 2 heterocycles. The quantitative estimate of drug-likeness (QED) is 0.921. The summed E-state index contributed by atoms with van der Waals surface area (Å²) in [6.07, 6.45) is 6.50. The number of rotatable bonds is 3. The third-order valence-corrected chi connectivity index (χ3v) is 5.01. The Hall–Kier alpha value is -0.940. The molecule has 0 spiro atoms. The lowest BCUT2D eigenvalue weighted by molar-refractivity contribution is -0.0609. The van der Waals surface area contributed by atoms with Gasteiger partial charge in [0, 0.05) is 13.0 Å². The van der Waals surface area contributed by atoms with Crippen LogP contribution in [0.5, 0.6) is 0 Å². The molecule has 1 saturated carbocycles. The molecule has 5 heteroatoms. The number of piperidine rings is 1. The van der Waals surface area contributed by atoms with Crippen LogP contribution in [0.2, 0.25) is 0 Å².